The molecule has 0 radical (unpaired) electrons. The first kappa shape index (κ1) is 24.1. The van der Waals surface area contributed by atoms with Crippen molar-refractivity contribution in [3.05, 3.63) is 30.1 Å². The molecule has 1 saturated heterocycles. The number of halogens is 2. The fourth-order valence-corrected chi connectivity index (χ4v) is 2.77. The molecule has 0 aromatic heterocycles. The quantitative estimate of drug-likeness (QED) is 0.245. The van der Waals surface area contributed by atoms with E-state index in [0.29, 0.717) is 50.6 Å². The highest BCUT2D eigenvalue weighted by molar-refractivity contribution is 14.0. The number of hydrogen-bond donors (Lipinski definition) is 2. The lowest BCUT2D eigenvalue weighted by molar-refractivity contribution is -0.147. The van der Waals surface area contributed by atoms with E-state index in [1.165, 1.54) is 17.0 Å². The largest absolute Gasteiger partial charge is 0.489 e. The Morgan fingerprint density at radius 3 is 2.61 bits per heavy atom. The van der Waals surface area contributed by atoms with Gasteiger partial charge in [-0.3, -0.25) is 19.5 Å². The summed E-state index contributed by atoms with van der Waals surface area (Å²) in [5.74, 6) is 0.451. The molecule has 1 aliphatic rings. The lowest BCUT2D eigenvalue weighted by Crippen LogP contribution is -2.47. The maximum atomic E-state index is 13.3. The van der Waals surface area contributed by atoms with E-state index in [9.17, 15) is 14.0 Å². The predicted molar refractivity (Wildman–Crippen MR) is 116 cm³/mol. The zero-order valence-corrected chi connectivity index (χ0v) is 18.6. The number of guanidine groups is 1. The van der Waals surface area contributed by atoms with Crippen molar-refractivity contribution in [3.63, 3.8) is 0 Å². The Morgan fingerprint density at radius 2 is 2.00 bits per heavy atom. The molecule has 7 nitrogen and oxygen atoms in total. The zero-order chi connectivity index (χ0) is 19.6. The maximum absolute atomic E-state index is 13.3. The minimum atomic E-state index is -0.338. The van der Waals surface area contributed by atoms with Gasteiger partial charge < -0.3 is 15.4 Å². The molecule has 1 aromatic carbocycles. The van der Waals surface area contributed by atoms with Gasteiger partial charge in [-0.05, 0) is 25.0 Å². The minimum Gasteiger partial charge on any atom is -0.489 e. The van der Waals surface area contributed by atoms with Crippen LogP contribution in [0.3, 0.4) is 0 Å². The van der Waals surface area contributed by atoms with Crippen LogP contribution < -0.4 is 15.4 Å². The van der Waals surface area contributed by atoms with Crippen LogP contribution in [0.25, 0.3) is 0 Å². The van der Waals surface area contributed by atoms with Crippen molar-refractivity contribution < 1.29 is 18.7 Å². The molecule has 1 aromatic rings. The van der Waals surface area contributed by atoms with Crippen molar-refractivity contribution in [3.8, 4) is 5.75 Å². The molecule has 1 fully saturated rings. The molecule has 9 heteroatoms. The van der Waals surface area contributed by atoms with Crippen LogP contribution in [0.5, 0.6) is 5.75 Å². The Bertz CT molecular complexity index is 671. The fraction of sp³-hybridized carbons (Fsp3) is 0.526. The van der Waals surface area contributed by atoms with Crippen LogP contribution in [0.15, 0.2) is 29.3 Å². The summed E-state index contributed by atoms with van der Waals surface area (Å²) in [4.78, 5) is 29.0. The van der Waals surface area contributed by atoms with Crippen LogP contribution in [-0.2, 0) is 9.59 Å². The summed E-state index contributed by atoms with van der Waals surface area (Å²) in [6.07, 6.45) is 2.06. The van der Waals surface area contributed by atoms with E-state index < -0.39 is 0 Å². The topological polar surface area (TPSA) is 83.0 Å². The normalized spacial score (nSPS) is 15.7. The number of carbonyl (C=O) groups is 2. The first-order valence-electron chi connectivity index (χ1n) is 9.23. The average molecular weight is 506 g/mol. The second-order valence-corrected chi connectivity index (χ2v) is 6.28. The average Bonchev–Trinajstić information content (AvgIpc) is 2.65. The molecule has 0 saturated carbocycles. The van der Waals surface area contributed by atoms with Crippen molar-refractivity contribution in [2.24, 2.45) is 4.99 Å². The molecule has 1 unspecified atom stereocenters. The van der Waals surface area contributed by atoms with Gasteiger partial charge in [0.25, 0.3) is 0 Å². The Balaban J connectivity index is 0.00000392. The van der Waals surface area contributed by atoms with Crippen LogP contribution in [0.2, 0.25) is 0 Å². The van der Waals surface area contributed by atoms with E-state index in [1.807, 2.05) is 6.92 Å². The van der Waals surface area contributed by atoms with E-state index >= 15 is 0 Å². The monoisotopic (exact) mass is 506 g/mol. The standard InChI is InChI=1S/C19H27FN4O3.HI/c1-3-15(27-16-7-4-6-14(20)12-16)13-23-19(21-2)22-10-11-24-17(25)8-5-9-18(24)26;/h4,6-7,12,15H,3,5,8-11,13H2,1-2H3,(H2,21,22,23);1H. The Kier molecular flexibility index (Phi) is 10.8. The van der Waals surface area contributed by atoms with Crippen LogP contribution in [-0.4, -0.2) is 55.5 Å². The number of ether oxygens (including phenoxy) is 1. The SMILES string of the molecule is CCC(CNC(=NC)NCCN1C(=O)CCCC1=O)Oc1cccc(F)c1.I. The van der Waals surface area contributed by atoms with Crippen molar-refractivity contribution in [1.82, 2.24) is 15.5 Å². The van der Waals surface area contributed by atoms with Crippen LogP contribution in [0.4, 0.5) is 4.39 Å². The van der Waals surface area contributed by atoms with Gasteiger partial charge in [0.1, 0.15) is 17.7 Å². The molecule has 2 N–H and O–H groups in total. The van der Waals surface area contributed by atoms with Gasteiger partial charge in [-0.25, -0.2) is 4.39 Å². The number of hydrogen-bond acceptors (Lipinski definition) is 4. The van der Waals surface area contributed by atoms with Crippen molar-refractivity contribution in [2.45, 2.75) is 38.7 Å². The van der Waals surface area contributed by atoms with Crippen molar-refractivity contribution in [1.29, 1.82) is 0 Å². The van der Waals surface area contributed by atoms with Gasteiger partial charge in [0.15, 0.2) is 5.96 Å². The van der Waals surface area contributed by atoms with Crippen LogP contribution in [0, 0.1) is 5.82 Å². The number of nitrogens with one attached hydrogen (secondary N) is 2. The lowest BCUT2D eigenvalue weighted by atomic mass is 10.1. The Labute approximate surface area is 182 Å². The summed E-state index contributed by atoms with van der Waals surface area (Å²) in [5, 5.41) is 6.23. The van der Waals surface area contributed by atoms with Gasteiger partial charge in [0.2, 0.25) is 11.8 Å². The molecule has 2 rings (SSSR count). The zero-order valence-electron chi connectivity index (χ0n) is 16.2. The summed E-state index contributed by atoms with van der Waals surface area (Å²) in [6, 6.07) is 6.04. The first-order chi connectivity index (χ1) is 13.0. The third-order valence-electron chi connectivity index (χ3n) is 4.29. The van der Waals surface area contributed by atoms with E-state index in [0.717, 1.165) is 6.42 Å². The number of likely N-dealkylation sites (tertiary alicyclic amines) is 1. The molecule has 0 aliphatic carbocycles. The Hall–Kier alpha value is -1.91. The molecule has 1 heterocycles. The molecule has 28 heavy (non-hydrogen) atoms. The van der Waals surface area contributed by atoms with E-state index in [2.05, 4.69) is 15.6 Å². The summed E-state index contributed by atoms with van der Waals surface area (Å²) >= 11 is 0. The van der Waals surface area contributed by atoms with Gasteiger partial charge >= 0.3 is 0 Å². The van der Waals surface area contributed by atoms with Crippen LogP contribution >= 0.6 is 24.0 Å². The second kappa shape index (κ2) is 12.5. The molecule has 1 aliphatic heterocycles. The number of piperidine rings is 1. The summed E-state index contributed by atoms with van der Waals surface area (Å²) in [5.41, 5.74) is 0. The van der Waals surface area contributed by atoms with Gasteiger partial charge in [0.05, 0.1) is 6.54 Å². The number of imide groups is 1. The van der Waals surface area contributed by atoms with Crippen molar-refractivity contribution >= 4 is 41.8 Å². The Morgan fingerprint density at radius 1 is 1.29 bits per heavy atom. The fourth-order valence-electron chi connectivity index (χ4n) is 2.77. The van der Waals surface area contributed by atoms with Gasteiger partial charge in [0, 0.05) is 39.0 Å². The van der Waals surface area contributed by atoms with Gasteiger partial charge in [-0.1, -0.05) is 13.0 Å². The van der Waals surface area contributed by atoms with Gasteiger partial charge in [-0.2, -0.15) is 0 Å². The number of rotatable bonds is 8. The second-order valence-electron chi connectivity index (χ2n) is 6.28. The number of amides is 2. The number of benzene rings is 1. The van der Waals surface area contributed by atoms with Crippen molar-refractivity contribution in [2.75, 3.05) is 26.7 Å². The summed E-state index contributed by atoms with van der Waals surface area (Å²) in [7, 11) is 1.64. The van der Waals surface area contributed by atoms with Gasteiger partial charge in [-0.15, -0.1) is 24.0 Å². The number of carbonyl (C=O) groups excluding carboxylic acids is 2. The molecular weight excluding hydrogens is 478 g/mol. The van der Waals surface area contributed by atoms with E-state index in [-0.39, 0.29) is 47.7 Å². The van der Waals surface area contributed by atoms with E-state index in [1.54, 1.807) is 19.2 Å². The molecule has 2 amide bonds. The highest BCUT2D eigenvalue weighted by Crippen LogP contribution is 2.14. The number of aliphatic imine (C=N–C) groups is 1. The van der Waals surface area contributed by atoms with Crippen LogP contribution in [0.1, 0.15) is 32.6 Å². The lowest BCUT2D eigenvalue weighted by Gasteiger charge is -2.25. The molecular formula is C19H28FIN4O3. The highest BCUT2D eigenvalue weighted by atomic mass is 127. The minimum absolute atomic E-state index is 0. The molecule has 156 valence electrons. The smallest absolute Gasteiger partial charge is 0.229 e. The molecule has 0 bridgehead atoms. The first-order valence-corrected chi connectivity index (χ1v) is 9.23. The highest BCUT2D eigenvalue weighted by Gasteiger charge is 2.25. The van der Waals surface area contributed by atoms with E-state index in [4.69, 9.17) is 4.74 Å². The third kappa shape index (κ3) is 7.61. The third-order valence-corrected chi connectivity index (χ3v) is 4.29. The summed E-state index contributed by atoms with van der Waals surface area (Å²) < 4.78 is 19.0. The molecule has 1 atom stereocenters. The predicted octanol–water partition coefficient (Wildman–Crippen LogP) is 2.31. The maximum Gasteiger partial charge on any atom is 0.229 e. The summed E-state index contributed by atoms with van der Waals surface area (Å²) in [6.45, 7) is 3.19. The number of nitrogens with zero attached hydrogens (tertiary/aromatic N) is 2. The molecule has 0 spiro atoms.